The van der Waals surface area contributed by atoms with E-state index in [1.54, 1.807) is 18.2 Å². The fourth-order valence-electron chi connectivity index (χ4n) is 2.63. The predicted molar refractivity (Wildman–Crippen MR) is 100 cm³/mol. The molecule has 0 saturated heterocycles. The molecule has 2 aromatic rings. The molecule has 0 radical (unpaired) electrons. The summed E-state index contributed by atoms with van der Waals surface area (Å²) in [5, 5.41) is 3.31. The number of hydrogen-bond acceptors (Lipinski definition) is 3. The van der Waals surface area contributed by atoms with Crippen molar-refractivity contribution >= 4 is 17.5 Å². The summed E-state index contributed by atoms with van der Waals surface area (Å²) in [4.78, 5) is 12.3. The second-order valence-corrected chi connectivity index (χ2v) is 6.40. The molecule has 0 spiro atoms. The minimum atomic E-state index is -0.300. The highest BCUT2D eigenvalue weighted by Crippen LogP contribution is 2.36. The smallest absolute Gasteiger partial charge is 0.223 e. The Hall–Kier alpha value is -2.27. The highest BCUT2D eigenvalue weighted by Gasteiger charge is 2.15. The summed E-state index contributed by atoms with van der Waals surface area (Å²) in [5.41, 5.74) is 1.60. The number of ether oxygens (including phenoxy) is 2. The first-order chi connectivity index (χ1) is 12.4. The molecule has 1 unspecified atom stereocenters. The topological polar surface area (TPSA) is 47.6 Å². The van der Waals surface area contributed by atoms with E-state index in [1.165, 1.54) is 19.2 Å². The Bertz CT molecular complexity index is 767. The lowest BCUT2D eigenvalue weighted by atomic mass is 10.00. The van der Waals surface area contributed by atoms with Crippen molar-refractivity contribution < 1.29 is 18.7 Å². The largest absolute Gasteiger partial charge is 0.493 e. The summed E-state index contributed by atoms with van der Waals surface area (Å²) in [7, 11) is 1.54. The van der Waals surface area contributed by atoms with Gasteiger partial charge in [0.15, 0.2) is 11.5 Å². The van der Waals surface area contributed by atoms with E-state index >= 15 is 0 Å². The third kappa shape index (κ3) is 5.36. The van der Waals surface area contributed by atoms with Gasteiger partial charge >= 0.3 is 0 Å². The Labute approximate surface area is 158 Å². The van der Waals surface area contributed by atoms with Crippen molar-refractivity contribution in [3.63, 3.8) is 0 Å². The number of benzene rings is 2. The van der Waals surface area contributed by atoms with Crippen LogP contribution in [0.15, 0.2) is 36.4 Å². The monoisotopic (exact) mass is 379 g/mol. The van der Waals surface area contributed by atoms with Gasteiger partial charge in [0, 0.05) is 12.5 Å². The SMILES string of the molecule is CCOc1c(Cl)cc(CNC(=O)C(C)Cc2cccc(F)c2)cc1OC. The molecule has 0 fully saturated rings. The maximum Gasteiger partial charge on any atom is 0.223 e. The number of amides is 1. The molecule has 0 bridgehead atoms. The molecule has 1 atom stereocenters. The molecule has 1 N–H and O–H groups in total. The minimum Gasteiger partial charge on any atom is -0.493 e. The first kappa shape index (κ1) is 20.0. The highest BCUT2D eigenvalue weighted by molar-refractivity contribution is 6.32. The summed E-state index contributed by atoms with van der Waals surface area (Å²) in [6.45, 7) is 4.47. The maximum absolute atomic E-state index is 13.2. The second kappa shape index (κ2) is 9.43. The van der Waals surface area contributed by atoms with E-state index in [2.05, 4.69) is 5.32 Å². The van der Waals surface area contributed by atoms with Gasteiger partial charge in [0.25, 0.3) is 0 Å². The average Bonchev–Trinajstić information content (AvgIpc) is 2.61. The van der Waals surface area contributed by atoms with Crippen molar-refractivity contribution in [1.29, 1.82) is 0 Å². The van der Waals surface area contributed by atoms with Gasteiger partial charge in [-0.2, -0.15) is 0 Å². The molecule has 2 rings (SSSR count). The van der Waals surface area contributed by atoms with Gasteiger partial charge in [-0.3, -0.25) is 4.79 Å². The summed E-state index contributed by atoms with van der Waals surface area (Å²) in [6.07, 6.45) is 0.469. The van der Waals surface area contributed by atoms with Gasteiger partial charge in [0.1, 0.15) is 5.82 Å². The molecule has 0 aromatic heterocycles. The van der Waals surface area contributed by atoms with Crippen LogP contribution in [0, 0.1) is 11.7 Å². The number of methoxy groups -OCH3 is 1. The van der Waals surface area contributed by atoms with Crippen LogP contribution in [-0.2, 0) is 17.8 Å². The van der Waals surface area contributed by atoms with E-state index in [0.717, 1.165) is 11.1 Å². The fourth-order valence-corrected chi connectivity index (χ4v) is 2.92. The molecule has 2 aromatic carbocycles. The normalized spacial score (nSPS) is 11.7. The average molecular weight is 380 g/mol. The van der Waals surface area contributed by atoms with Crippen LogP contribution in [0.25, 0.3) is 0 Å². The van der Waals surface area contributed by atoms with Gasteiger partial charge in [-0.1, -0.05) is 30.7 Å². The van der Waals surface area contributed by atoms with Gasteiger partial charge in [0.05, 0.1) is 18.7 Å². The van der Waals surface area contributed by atoms with Gasteiger partial charge in [-0.25, -0.2) is 4.39 Å². The van der Waals surface area contributed by atoms with Crippen molar-refractivity contribution in [3.8, 4) is 11.5 Å². The molecule has 0 saturated carbocycles. The Kier molecular flexibility index (Phi) is 7.27. The van der Waals surface area contributed by atoms with Crippen LogP contribution in [0.2, 0.25) is 5.02 Å². The molecule has 0 aliphatic rings. The summed E-state index contributed by atoms with van der Waals surface area (Å²) < 4.78 is 24.0. The van der Waals surface area contributed by atoms with Crippen LogP contribution in [0.3, 0.4) is 0 Å². The van der Waals surface area contributed by atoms with Gasteiger partial charge in [0.2, 0.25) is 5.91 Å². The number of carbonyl (C=O) groups excluding carboxylic acids is 1. The molecule has 1 amide bonds. The van der Waals surface area contributed by atoms with E-state index in [9.17, 15) is 9.18 Å². The predicted octanol–water partition coefficient (Wildman–Crippen LogP) is 4.38. The maximum atomic E-state index is 13.2. The van der Waals surface area contributed by atoms with E-state index in [-0.39, 0.29) is 17.6 Å². The third-order valence-corrected chi connectivity index (χ3v) is 4.20. The van der Waals surface area contributed by atoms with Gasteiger partial charge in [-0.15, -0.1) is 0 Å². The summed E-state index contributed by atoms with van der Waals surface area (Å²) in [5.74, 6) is 0.323. The highest BCUT2D eigenvalue weighted by atomic mass is 35.5. The second-order valence-electron chi connectivity index (χ2n) is 5.99. The zero-order valence-electron chi connectivity index (χ0n) is 15.1. The zero-order chi connectivity index (χ0) is 19.1. The number of carbonyl (C=O) groups is 1. The minimum absolute atomic E-state index is 0.113. The summed E-state index contributed by atoms with van der Waals surface area (Å²) >= 11 is 6.24. The lowest BCUT2D eigenvalue weighted by molar-refractivity contribution is -0.124. The molecular formula is C20H23ClFNO3. The molecule has 140 valence electrons. The lowest BCUT2D eigenvalue weighted by Crippen LogP contribution is -2.29. The summed E-state index contributed by atoms with van der Waals surface area (Å²) in [6, 6.07) is 9.81. The lowest BCUT2D eigenvalue weighted by Gasteiger charge is -2.15. The van der Waals surface area contributed by atoms with Crippen molar-refractivity contribution in [2.75, 3.05) is 13.7 Å². The number of halogens is 2. The molecule has 0 aliphatic carbocycles. The van der Waals surface area contributed by atoms with Gasteiger partial charge in [-0.05, 0) is 48.7 Å². The van der Waals surface area contributed by atoms with Crippen molar-refractivity contribution in [2.45, 2.75) is 26.8 Å². The van der Waals surface area contributed by atoms with Gasteiger partial charge < -0.3 is 14.8 Å². The van der Waals surface area contributed by atoms with Crippen LogP contribution in [0.4, 0.5) is 4.39 Å². The molecule has 6 heteroatoms. The molecular weight excluding hydrogens is 357 g/mol. The first-order valence-electron chi connectivity index (χ1n) is 8.46. The number of nitrogens with one attached hydrogen (secondary N) is 1. The Balaban J connectivity index is 1.99. The molecule has 4 nitrogen and oxygen atoms in total. The number of hydrogen-bond donors (Lipinski definition) is 1. The Morgan fingerprint density at radius 2 is 2.04 bits per heavy atom. The van der Waals surface area contributed by atoms with E-state index in [1.807, 2.05) is 19.9 Å². The Morgan fingerprint density at radius 3 is 2.69 bits per heavy atom. The van der Waals surface area contributed by atoms with Crippen LogP contribution in [0.5, 0.6) is 11.5 Å². The zero-order valence-corrected chi connectivity index (χ0v) is 15.9. The fraction of sp³-hybridized carbons (Fsp3) is 0.350. The first-order valence-corrected chi connectivity index (χ1v) is 8.83. The van der Waals surface area contributed by atoms with Crippen molar-refractivity contribution in [1.82, 2.24) is 5.32 Å². The van der Waals surface area contributed by atoms with E-state index < -0.39 is 0 Å². The standard InChI is InChI=1S/C20H23ClFNO3/c1-4-26-19-17(21)10-15(11-18(19)25-3)12-23-20(24)13(2)8-14-6-5-7-16(22)9-14/h5-7,9-11,13H,4,8,12H2,1-3H3,(H,23,24). The van der Waals surface area contributed by atoms with Crippen LogP contribution >= 0.6 is 11.6 Å². The molecule has 0 aliphatic heterocycles. The molecule has 26 heavy (non-hydrogen) atoms. The molecule has 0 heterocycles. The quantitative estimate of drug-likeness (QED) is 0.740. The van der Waals surface area contributed by atoms with E-state index in [4.69, 9.17) is 21.1 Å². The van der Waals surface area contributed by atoms with Crippen LogP contribution < -0.4 is 14.8 Å². The van der Waals surface area contributed by atoms with Crippen molar-refractivity contribution in [3.05, 3.63) is 58.4 Å². The number of rotatable bonds is 8. The van der Waals surface area contributed by atoms with E-state index in [0.29, 0.717) is 36.1 Å². The van der Waals surface area contributed by atoms with Crippen LogP contribution in [0.1, 0.15) is 25.0 Å². The van der Waals surface area contributed by atoms with Crippen LogP contribution in [-0.4, -0.2) is 19.6 Å². The van der Waals surface area contributed by atoms with Crippen molar-refractivity contribution in [2.24, 2.45) is 5.92 Å². The third-order valence-electron chi connectivity index (χ3n) is 3.92. The Morgan fingerprint density at radius 1 is 1.27 bits per heavy atom.